The minimum atomic E-state index is -0.397. The molecule has 1 fully saturated rings. The van der Waals surface area contributed by atoms with E-state index in [0.29, 0.717) is 16.4 Å². The van der Waals surface area contributed by atoms with E-state index in [-0.39, 0.29) is 11.8 Å². The average molecular weight is 415 g/mol. The third-order valence-corrected chi connectivity index (χ3v) is 4.10. The van der Waals surface area contributed by atoms with Crippen LogP contribution >= 0.6 is 34.4 Å². The Balaban J connectivity index is 2.37. The summed E-state index contributed by atoms with van der Waals surface area (Å²) < 4.78 is 11.5. The van der Waals surface area contributed by atoms with Gasteiger partial charge in [-0.3, -0.25) is 14.9 Å². The molecule has 0 atom stereocenters. The molecular weight excluding hydrogens is 405 g/mol. The zero-order chi connectivity index (χ0) is 15.4. The molecule has 1 saturated heterocycles. The van der Waals surface area contributed by atoms with E-state index in [9.17, 15) is 9.59 Å². The number of terminal acetylenes is 1. The Labute approximate surface area is 139 Å². The summed E-state index contributed by atoms with van der Waals surface area (Å²) in [6.07, 6.45) is 6.80. The molecule has 21 heavy (non-hydrogen) atoms. The number of carbonyl (C=O) groups excluding carboxylic acids is 2. The van der Waals surface area contributed by atoms with E-state index < -0.39 is 5.91 Å². The van der Waals surface area contributed by atoms with E-state index in [2.05, 4.69) is 33.8 Å². The number of hydrogen-bond acceptors (Lipinski definition) is 5. The maximum Gasteiger partial charge on any atom is 0.290 e. The Morgan fingerprint density at radius 3 is 2.81 bits per heavy atom. The van der Waals surface area contributed by atoms with Crippen molar-refractivity contribution in [2.24, 2.45) is 0 Å². The minimum absolute atomic E-state index is 0.138. The van der Waals surface area contributed by atoms with Crippen molar-refractivity contribution in [1.82, 2.24) is 5.32 Å². The first-order chi connectivity index (χ1) is 10.0. The molecule has 0 radical (unpaired) electrons. The number of carbonyl (C=O) groups is 2. The summed E-state index contributed by atoms with van der Waals surface area (Å²) in [6, 6.07) is 3.54. The zero-order valence-electron chi connectivity index (χ0n) is 10.9. The molecule has 108 valence electrons. The summed E-state index contributed by atoms with van der Waals surface area (Å²) in [5, 5.41) is 1.83. The number of nitrogens with one attached hydrogen (secondary N) is 1. The summed E-state index contributed by atoms with van der Waals surface area (Å²) in [7, 11) is 1.52. The van der Waals surface area contributed by atoms with Gasteiger partial charge in [0, 0.05) is 0 Å². The van der Waals surface area contributed by atoms with Crippen molar-refractivity contribution >= 4 is 51.6 Å². The van der Waals surface area contributed by atoms with E-state index in [1.807, 2.05) is 6.07 Å². The standard InChI is InChI=1S/C14H10INO4S/c1-3-4-20-12-9(15)5-8(6-10(12)19-2)7-11-13(17)16-14(18)21-11/h1,5-7H,4H2,2H3,(H,16,17,18)/b11-7+. The fourth-order valence-corrected chi connectivity index (χ4v) is 3.11. The molecule has 1 aliphatic heterocycles. The van der Waals surface area contributed by atoms with Gasteiger partial charge in [0.25, 0.3) is 11.1 Å². The molecule has 1 aromatic carbocycles. The highest BCUT2D eigenvalue weighted by Crippen LogP contribution is 2.35. The lowest BCUT2D eigenvalue weighted by atomic mass is 10.2. The molecule has 0 bridgehead atoms. The fourth-order valence-electron chi connectivity index (χ4n) is 1.65. The van der Waals surface area contributed by atoms with Gasteiger partial charge in [-0.2, -0.15) is 0 Å². The van der Waals surface area contributed by atoms with E-state index in [4.69, 9.17) is 15.9 Å². The molecule has 1 heterocycles. The van der Waals surface area contributed by atoms with Crippen molar-refractivity contribution < 1.29 is 19.1 Å². The number of hydrogen-bond donors (Lipinski definition) is 1. The van der Waals surface area contributed by atoms with E-state index in [1.54, 1.807) is 12.1 Å². The van der Waals surface area contributed by atoms with Gasteiger partial charge in [0.05, 0.1) is 15.6 Å². The Bertz CT molecular complexity index is 678. The topological polar surface area (TPSA) is 64.6 Å². The maximum atomic E-state index is 11.5. The smallest absolute Gasteiger partial charge is 0.290 e. The number of halogens is 1. The molecule has 7 heteroatoms. The van der Waals surface area contributed by atoms with Gasteiger partial charge < -0.3 is 9.47 Å². The number of thioether (sulfide) groups is 1. The second-order valence-electron chi connectivity index (χ2n) is 3.88. The number of benzene rings is 1. The van der Waals surface area contributed by atoms with Crippen LogP contribution in [0.25, 0.3) is 6.08 Å². The predicted octanol–water partition coefficient (Wildman–Crippen LogP) is 2.64. The van der Waals surface area contributed by atoms with Crippen LogP contribution in [0.4, 0.5) is 4.79 Å². The van der Waals surface area contributed by atoms with Gasteiger partial charge in [0.2, 0.25) is 0 Å². The SMILES string of the molecule is C#CCOc1c(I)cc(/C=C2/SC(=O)NC2=O)cc1OC. The molecular formula is C14H10INO4S. The summed E-state index contributed by atoms with van der Waals surface area (Å²) in [4.78, 5) is 23.0. The molecule has 1 aliphatic rings. The van der Waals surface area contributed by atoms with Gasteiger partial charge in [0.15, 0.2) is 11.5 Å². The first-order valence-corrected chi connectivity index (χ1v) is 7.63. The van der Waals surface area contributed by atoms with E-state index in [0.717, 1.165) is 20.9 Å². The largest absolute Gasteiger partial charge is 0.493 e. The van der Waals surface area contributed by atoms with E-state index >= 15 is 0 Å². The number of imide groups is 1. The highest BCUT2D eigenvalue weighted by molar-refractivity contribution is 14.1. The maximum absolute atomic E-state index is 11.5. The van der Waals surface area contributed by atoms with Crippen LogP contribution in [-0.2, 0) is 4.79 Å². The van der Waals surface area contributed by atoms with Gasteiger partial charge >= 0.3 is 0 Å². The third-order valence-electron chi connectivity index (χ3n) is 2.49. The van der Waals surface area contributed by atoms with Crippen LogP contribution in [0.5, 0.6) is 11.5 Å². The van der Waals surface area contributed by atoms with Crippen LogP contribution in [0.3, 0.4) is 0 Å². The quantitative estimate of drug-likeness (QED) is 0.466. The van der Waals surface area contributed by atoms with Crippen molar-refractivity contribution in [1.29, 1.82) is 0 Å². The molecule has 1 N–H and O–H groups in total. The third kappa shape index (κ3) is 3.71. The number of methoxy groups -OCH3 is 1. The van der Waals surface area contributed by atoms with Crippen molar-refractivity contribution in [3.05, 3.63) is 26.2 Å². The minimum Gasteiger partial charge on any atom is -0.493 e. The second-order valence-corrected chi connectivity index (χ2v) is 6.06. The lowest BCUT2D eigenvalue weighted by molar-refractivity contribution is -0.115. The zero-order valence-corrected chi connectivity index (χ0v) is 13.9. The average Bonchev–Trinajstić information content (AvgIpc) is 2.75. The molecule has 5 nitrogen and oxygen atoms in total. The molecule has 0 unspecified atom stereocenters. The van der Waals surface area contributed by atoms with Crippen molar-refractivity contribution in [3.8, 4) is 23.8 Å². The Morgan fingerprint density at radius 2 is 2.24 bits per heavy atom. The van der Waals surface area contributed by atoms with Gasteiger partial charge in [-0.05, 0) is 58.1 Å². The monoisotopic (exact) mass is 415 g/mol. The molecule has 2 amide bonds. The van der Waals surface area contributed by atoms with Crippen LogP contribution in [0.1, 0.15) is 5.56 Å². The van der Waals surface area contributed by atoms with Gasteiger partial charge in [-0.1, -0.05) is 5.92 Å². The van der Waals surface area contributed by atoms with Gasteiger partial charge in [-0.25, -0.2) is 0 Å². The van der Waals surface area contributed by atoms with Gasteiger partial charge in [0.1, 0.15) is 6.61 Å². The summed E-state index contributed by atoms with van der Waals surface area (Å²) in [5.74, 6) is 3.06. The molecule has 0 spiro atoms. The number of amides is 2. The molecule has 2 rings (SSSR count). The Kier molecular flexibility index (Phi) is 5.14. The van der Waals surface area contributed by atoms with Crippen LogP contribution in [0, 0.1) is 15.9 Å². The Hall–Kier alpha value is -1.66. The van der Waals surface area contributed by atoms with Crippen LogP contribution < -0.4 is 14.8 Å². The summed E-state index contributed by atoms with van der Waals surface area (Å²) in [5.41, 5.74) is 0.733. The fraction of sp³-hybridized carbons (Fsp3) is 0.143. The first kappa shape index (κ1) is 15.7. The van der Waals surface area contributed by atoms with Crippen LogP contribution in [0.2, 0.25) is 0 Å². The van der Waals surface area contributed by atoms with Crippen molar-refractivity contribution in [2.45, 2.75) is 0 Å². The summed E-state index contributed by atoms with van der Waals surface area (Å²) >= 11 is 2.96. The lowest BCUT2D eigenvalue weighted by Crippen LogP contribution is -2.17. The second kappa shape index (κ2) is 6.87. The lowest BCUT2D eigenvalue weighted by Gasteiger charge is -2.12. The molecule has 0 saturated carbocycles. The first-order valence-electron chi connectivity index (χ1n) is 5.73. The number of rotatable bonds is 4. The predicted molar refractivity (Wildman–Crippen MR) is 89.1 cm³/mol. The highest BCUT2D eigenvalue weighted by atomic mass is 127. The van der Waals surface area contributed by atoms with Crippen molar-refractivity contribution in [2.75, 3.05) is 13.7 Å². The normalized spacial score (nSPS) is 15.8. The molecule has 0 aliphatic carbocycles. The molecule has 0 aromatic heterocycles. The van der Waals surface area contributed by atoms with E-state index in [1.165, 1.54) is 7.11 Å². The van der Waals surface area contributed by atoms with Gasteiger partial charge in [-0.15, -0.1) is 6.42 Å². The summed E-state index contributed by atoms with van der Waals surface area (Å²) in [6.45, 7) is 0.138. The molecule has 1 aromatic rings. The van der Waals surface area contributed by atoms with Crippen LogP contribution in [-0.4, -0.2) is 24.9 Å². The van der Waals surface area contributed by atoms with Crippen LogP contribution in [0.15, 0.2) is 17.0 Å². The number of ether oxygens (including phenoxy) is 2. The van der Waals surface area contributed by atoms with Crippen molar-refractivity contribution in [3.63, 3.8) is 0 Å². The highest BCUT2D eigenvalue weighted by Gasteiger charge is 2.25. The Morgan fingerprint density at radius 1 is 1.48 bits per heavy atom.